The van der Waals surface area contributed by atoms with E-state index in [-0.39, 0.29) is 40.4 Å². The van der Waals surface area contributed by atoms with Crippen molar-refractivity contribution in [3.05, 3.63) is 42.0 Å². The van der Waals surface area contributed by atoms with Crippen LogP contribution in [0.4, 0.5) is 0 Å². The number of rotatable bonds is 6. The number of imide groups is 1. The van der Waals surface area contributed by atoms with Gasteiger partial charge in [-0.3, -0.25) is 19.5 Å². The highest BCUT2D eigenvalue weighted by Crippen LogP contribution is 2.52. The normalized spacial score (nSPS) is 27.7. The SMILES string of the molecule is CN=C(NCCN1C(=O)C2C3C=CC(C3)C2C1=O)NCc1ccc(S(C)(=O)=O)cc1. The Hall–Kier alpha value is -2.68. The zero-order valence-electron chi connectivity index (χ0n) is 17.0. The third kappa shape index (κ3) is 3.74. The first-order valence-corrected chi connectivity index (χ1v) is 12.0. The van der Waals surface area contributed by atoms with E-state index in [1.807, 2.05) is 0 Å². The van der Waals surface area contributed by atoms with Crippen molar-refractivity contribution in [3.63, 3.8) is 0 Å². The molecule has 160 valence electrons. The maximum absolute atomic E-state index is 12.7. The van der Waals surface area contributed by atoms with Crippen LogP contribution in [0.5, 0.6) is 0 Å². The first-order valence-electron chi connectivity index (χ1n) is 10.1. The molecule has 1 saturated carbocycles. The number of carbonyl (C=O) groups is 2. The standard InChI is InChI=1S/C21H26N4O4S/c1-22-21(24-12-13-3-7-16(8-4-13)30(2,28)29)23-9-10-25-19(26)17-14-5-6-15(11-14)18(17)20(25)27/h3-8,14-15,17-18H,9-12H2,1-2H3,(H2,22,23,24). The summed E-state index contributed by atoms with van der Waals surface area (Å²) >= 11 is 0. The Labute approximate surface area is 176 Å². The van der Waals surface area contributed by atoms with Crippen molar-refractivity contribution in [2.24, 2.45) is 28.7 Å². The average Bonchev–Trinajstić information content (AvgIpc) is 3.39. The second-order valence-electron chi connectivity index (χ2n) is 8.10. The van der Waals surface area contributed by atoms with Gasteiger partial charge in [0.05, 0.1) is 16.7 Å². The third-order valence-corrected chi connectivity index (χ3v) is 7.35. The predicted octanol–water partition coefficient (Wildman–Crippen LogP) is 0.562. The van der Waals surface area contributed by atoms with Crippen LogP contribution in [0.2, 0.25) is 0 Å². The number of hydrogen-bond donors (Lipinski definition) is 2. The van der Waals surface area contributed by atoms with Gasteiger partial charge in [0, 0.05) is 32.9 Å². The highest BCUT2D eigenvalue weighted by molar-refractivity contribution is 7.90. The van der Waals surface area contributed by atoms with Crippen LogP contribution in [0, 0.1) is 23.7 Å². The summed E-state index contributed by atoms with van der Waals surface area (Å²) in [7, 11) is -1.57. The molecule has 0 aromatic heterocycles. The minimum Gasteiger partial charge on any atom is -0.355 e. The average molecular weight is 431 g/mol. The molecule has 2 fully saturated rings. The number of nitrogens with one attached hydrogen (secondary N) is 2. The molecule has 8 nitrogen and oxygen atoms in total. The summed E-state index contributed by atoms with van der Waals surface area (Å²) in [4.78, 5) is 31.2. The number of sulfone groups is 1. The van der Waals surface area contributed by atoms with Gasteiger partial charge < -0.3 is 10.6 Å². The van der Waals surface area contributed by atoms with Gasteiger partial charge in [0.15, 0.2) is 15.8 Å². The fourth-order valence-corrected chi connectivity index (χ4v) is 5.36. The van der Waals surface area contributed by atoms with E-state index in [1.54, 1.807) is 31.3 Å². The lowest BCUT2D eigenvalue weighted by molar-refractivity contribution is -0.140. The maximum Gasteiger partial charge on any atom is 0.233 e. The molecule has 2 N–H and O–H groups in total. The Balaban J connectivity index is 1.26. The van der Waals surface area contributed by atoms with Crippen molar-refractivity contribution in [3.8, 4) is 0 Å². The van der Waals surface area contributed by atoms with Gasteiger partial charge in [0.1, 0.15) is 0 Å². The maximum atomic E-state index is 12.7. The third-order valence-electron chi connectivity index (χ3n) is 6.22. The molecule has 1 heterocycles. The first-order chi connectivity index (χ1) is 14.3. The molecule has 4 rings (SSSR count). The Bertz CT molecular complexity index is 986. The van der Waals surface area contributed by atoms with Crippen LogP contribution in [-0.4, -0.2) is 57.5 Å². The van der Waals surface area contributed by atoms with E-state index in [2.05, 4.69) is 27.8 Å². The molecule has 3 aliphatic rings. The van der Waals surface area contributed by atoms with E-state index < -0.39 is 9.84 Å². The second kappa shape index (κ2) is 7.86. The van der Waals surface area contributed by atoms with Crippen LogP contribution < -0.4 is 10.6 Å². The van der Waals surface area contributed by atoms with E-state index >= 15 is 0 Å². The lowest BCUT2D eigenvalue weighted by Crippen LogP contribution is -2.43. The summed E-state index contributed by atoms with van der Waals surface area (Å²) in [6.45, 7) is 1.19. The Morgan fingerprint density at radius 3 is 2.20 bits per heavy atom. The summed E-state index contributed by atoms with van der Waals surface area (Å²) < 4.78 is 23.1. The van der Waals surface area contributed by atoms with Crippen LogP contribution in [0.25, 0.3) is 0 Å². The summed E-state index contributed by atoms with van der Waals surface area (Å²) in [6, 6.07) is 6.65. The lowest BCUT2D eigenvalue weighted by Gasteiger charge is -2.18. The number of guanidine groups is 1. The topological polar surface area (TPSA) is 108 Å². The molecular formula is C21H26N4O4S. The highest BCUT2D eigenvalue weighted by atomic mass is 32.2. The molecule has 4 unspecified atom stereocenters. The van der Waals surface area contributed by atoms with Crippen LogP contribution in [0.15, 0.2) is 46.3 Å². The second-order valence-corrected chi connectivity index (χ2v) is 10.1. The number of carbonyl (C=O) groups excluding carboxylic acids is 2. The zero-order valence-corrected chi connectivity index (χ0v) is 17.9. The number of amides is 2. The zero-order chi connectivity index (χ0) is 21.5. The number of hydrogen-bond acceptors (Lipinski definition) is 5. The lowest BCUT2D eigenvalue weighted by atomic mass is 9.85. The molecule has 2 bridgehead atoms. The monoisotopic (exact) mass is 430 g/mol. The number of nitrogens with zero attached hydrogens (tertiary/aromatic N) is 2. The van der Waals surface area contributed by atoms with Crippen molar-refractivity contribution in [1.29, 1.82) is 0 Å². The molecule has 9 heteroatoms. The number of fused-ring (bicyclic) bond motifs is 5. The molecular weight excluding hydrogens is 404 g/mol. The van der Waals surface area contributed by atoms with E-state index in [0.29, 0.717) is 25.6 Å². The van der Waals surface area contributed by atoms with Gasteiger partial charge in [-0.05, 0) is 36.0 Å². The molecule has 0 spiro atoms. The van der Waals surface area contributed by atoms with E-state index in [9.17, 15) is 18.0 Å². The summed E-state index contributed by atoms with van der Waals surface area (Å²) in [5.74, 6) is 0.564. The predicted molar refractivity (Wildman–Crippen MR) is 112 cm³/mol. The molecule has 0 radical (unpaired) electrons. The number of allylic oxidation sites excluding steroid dienone is 2. The number of likely N-dealkylation sites (tertiary alicyclic amines) is 1. The molecule has 1 saturated heterocycles. The smallest absolute Gasteiger partial charge is 0.233 e. The van der Waals surface area contributed by atoms with Gasteiger partial charge in [-0.15, -0.1) is 0 Å². The van der Waals surface area contributed by atoms with E-state index in [4.69, 9.17) is 0 Å². The first kappa shape index (κ1) is 20.6. The molecule has 1 aromatic carbocycles. The molecule has 4 atom stereocenters. The van der Waals surface area contributed by atoms with Gasteiger partial charge in [-0.25, -0.2) is 8.42 Å². The molecule has 2 amide bonds. The van der Waals surface area contributed by atoms with E-state index in [1.165, 1.54) is 11.2 Å². The largest absolute Gasteiger partial charge is 0.355 e. The van der Waals surface area contributed by atoms with Crippen molar-refractivity contribution in [2.45, 2.75) is 17.9 Å². The van der Waals surface area contributed by atoms with Crippen molar-refractivity contribution < 1.29 is 18.0 Å². The van der Waals surface area contributed by atoms with Gasteiger partial charge in [-0.2, -0.15) is 0 Å². The van der Waals surface area contributed by atoms with Gasteiger partial charge in [0.25, 0.3) is 0 Å². The van der Waals surface area contributed by atoms with E-state index in [0.717, 1.165) is 12.0 Å². The molecule has 1 aromatic rings. The number of aliphatic imine (C=N–C) groups is 1. The minimum atomic E-state index is -3.21. The summed E-state index contributed by atoms with van der Waals surface area (Å²) in [5.41, 5.74) is 0.908. The van der Waals surface area contributed by atoms with Crippen molar-refractivity contribution >= 4 is 27.6 Å². The van der Waals surface area contributed by atoms with Crippen molar-refractivity contribution in [2.75, 3.05) is 26.4 Å². The Morgan fingerprint density at radius 2 is 1.67 bits per heavy atom. The van der Waals surface area contributed by atoms with Crippen LogP contribution in [-0.2, 0) is 26.0 Å². The fourth-order valence-electron chi connectivity index (χ4n) is 4.73. The van der Waals surface area contributed by atoms with Gasteiger partial charge in [-0.1, -0.05) is 24.3 Å². The summed E-state index contributed by atoms with van der Waals surface area (Å²) in [5, 5.41) is 6.28. The number of benzene rings is 1. The minimum absolute atomic E-state index is 0.0439. The van der Waals surface area contributed by atoms with Crippen LogP contribution >= 0.6 is 0 Å². The van der Waals surface area contributed by atoms with Crippen molar-refractivity contribution in [1.82, 2.24) is 15.5 Å². The van der Waals surface area contributed by atoms with Gasteiger partial charge >= 0.3 is 0 Å². The molecule has 1 aliphatic heterocycles. The Kier molecular flexibility index (Phi) is 5.40. The highest BCUT2D eigenvalue weighted by Gasteiger charge is 2.58. The van der Waals surface area contributed by atoms with Crippen LogP contribution in [0.3, 0.4) is 0 Å². The van der Waals surface area contributed by atoms with Crippen LogP contribution in [0.1, 0.15) is 12.0 Å². The molecule has 2 aliphatic carbocycles. The fraction of sp³-hybridized carbons (Fsp3) is 0.476. The quantitative estimate of drug-likeness (QED) is 0.296. The Morgan fingerprint density at radius 1 is 1.07 bits per heavy atom. The molecule has 30 heavy (non-hydrogen) atoms. The van der Waals surface area contributed by atoms with Gasteiger partial charge in [0.2, 0.25) is 11.8 Å². The summed E-state index contributed by atoms with van der Waals surface area (Å²) in [6.07, 6.45) is 6.29.